The number of hydrogen-bond donors (Lipinski definition) is 1. The van der Waals surface area contributed by atoms with Crippen LogP contribution in [-0.2, 0) is 38.8 Å². The first-order valence-electron chi connectivity index (χ1n) is 13.4. The number of nitrogens with two attached hydrogens (primary N) is 1. The molecule has 3 aromatic carbocycles. The molecule has 1 aliphatic heterocycles. The lowest BCUT2D eigenvalue weighted by Crippen LogP contribution is -2.38. The standard InChI is InChI=1S/C32H32N4O4/c33-30-26-16-17-36(31(26)35-22-34-30)32-29(39-20-25-14-8-3-9-15-25)28(38-19-24-12-6-2-7-13-24)27(40-32)21-37-18-23-10-4-1-5-11-23/h1-17,22,27-29,32H,18-21H2,(H2,33,34,35)/t27-,28-,29+,32+/m1/s1. The molecule has 3 heterocycles. The summed E-state index contributed by atoms with van der Waals surface area (Å²) in [7, 11) is 0. The average Bonchev–Trinajstić information content (AvgIpc) is 3.58. The highest BCUT2D eigenvalue weighted by Crippen LogP contribution is 2.37. The van der Waals surface area contributed by atoms with E-state index in [1.165, 1.54) is 6.33 Å². The number of nitrogens with zero attached hydrogens (tertiary/aromatic N) is 3. The number of benzene rings is 3. The Kier molecular flexibility index (Phi) is 8.11. The van der Waals surface area contributed by atoms with Gasteiger partial charge in [-0.2, -0.15) is 0 Å². The van der Waals surface area contributed by atoms with Crippen LogP contribution in [0.2, 0.25) is 0 Å². The SMILES string of the molecule is Nc1ncnc2c1ccn2[C@H]1O[C@H](COCc2ccccc2)[C@@H](OCc2ccccc2)[C@@H]1OCc1ccccc1. The molecule has 4 atom stereocenters. The topological polar surface area (TPSA) is 93.7 Å². The summed E-state index contributed by atoms with van der Waals surface area (Å²) in [6, 6.07) is 32.2. The summed E-state index contributed by atoms with van der Waals surface area (Å²) < 4.78 is 28.0. The van der Waals surface area contributed by atoms with E-state index in [2.05, 4.69) is 9.97 Å². The summed E-state index contributed by atoms with van der Waals surface area (Å²) in [6.45, 7) is 1.64. The van der Waals surface area contributed by atoms with Gasteiger partial charge < -0.3 is 29.2 Å². The highest BCUT2D eigenvalue weighted by atomic mass is 16.6. The van der Waals surface area contributed by atoms with Crippen molar-refractivity contribution in [2.24, 2.45) is 0 Å². The van der Waals surface area contributed by atoms with E-state index in [4.69, 9.17) is 24.7 Å². The van der Waals surface area contributed by atoms with Crippen LogP contribution in [0.4, 0.5) is 5.82 Å². The second-order valence-electron chi connectivity index (χ2n) is 9.81. The summed E-state index contributed by atoms with van der Waals surface area (Å²) >= 11 is 0. The van der Waals surface area contributed by atoms with Crippen molar-refractivity contribution in [3.8, 4) is 0 Å². The van der Waals surface area contributed by atoms with Gasteiger partial charge in [0.15, 0.2) is 6.23 Å². The second kappa shape index (κ2) is 12.4. The molecule has 40 heavy (non-hydrogen) atoms. The van der Waals surface area contributed by atoms with Gasteiger partial charge in [-0.15, -0.1) is 0 Å². The van der Waals surface area contributed by atoms with E-state index in [0.29, 0.717) is 37.9 Å². The molecule has 1 saturated heterocycles. The van der Waals surface area contributed by atoms with Gasteiger partial charge in [0.25, 0.3) is 0 Å². The third-order valence-corrected chi connectivity index (χ3v) is 7.06. The van der Waals surface area contributed by atoms with Crippen molar-refractivity contribution in [2.75, 3.05) is 12.3 Å². The van der Waals surface area contributed by atoms with E-state index >= 15 is 0 Å². The van der Waals surface area contributed by atoms with Crippen LogP contribution in [-0.4, -0.2) is 39.5 Å². The first-order chi connectivity index (χ1) is 19.8. The molecule has 6 rings (SSSR count). The maximum atomic E-state index is 6.68. The Morgan fingerprint density at radius 3 is 1.90 bits per heavy atom. The van der Waals surface area contributed by atoms with Gasteiger partial charge in [0.05, 0.1) is 31.8 Å². The van der Waals surface area contributed by atoms with Gasteiger partial charge in [-0.05, 0) is 22.8 Å². The summed E-state index contributed by atoms with van der Waals surface area (Å²) in [6.07, 6.45) is 1.65. The predicted molar refractivity (Wildman–Crippen MR) is 152 cm³/mol. The van der Waals surface area contributed by atoms with Gasteiger partial charge in [0.2, 0.25) is 0 Å². The van der Waals surface area contributed by atoms with Crippen molar-refractivity contribution >= 4 is 16.9 Å². The molecule has 204 valence electrons. The van der Waals surface area contributed by atoms with Crippen molar-refractivity contribution < 1.29 is 18.9 Å². The maximum absolute atomic E-state index is 6.68. The van der Waals surface area contributed by atoms with E-state index in [1.807, 2.05) is 108 Å². The van der Waals surface area contributed by atoms with E-state index in [-0.39, 0.29) is 6.10 Å². The van der Waals surface area contributed by atoms with Crippen molar-refractivity contribution in [2.45, 2.75) is 44.4 Å². The third-order valence-electron chi connectivity index (χ3n) is 7.06. The molecule has 8 heteroatoms. The number of rotatable bonds is 11. The van der Waals surface area contributed by atoms with Crippen LogP contribution in [0, 0.1) is 0 Å². The fraction of sp³-hybridized carbons (Fsp3) is 0.250. The Morgan fingerprint density at radius 2 is 1.27 bits per heavy atom. The molecular formula is C32H32N4O4. The van der Waals surface area contributed by atoms with Crippen LogP contribution in [0.15, 0.2) is 110 Å². The zero-order valence-corrected chi connectivity index (χ0v) is 22.1. The Balaban J connectivity index is 1.29. The van der Waals surface area contributed by atoms with Crippen LogP contribution in [0.3, 0.4) is 0 Å². The molecule has 0 radical (unpaired) electrons. The maximum Gasteiger partial charge on any atom is 0.164 e. The summed E-state index contributed by atoms with van der Waals surface area (Å²) in [5, 5.41) is 0.762. The minimum atomic E-state index is -0.512. The zero-order chi connectivity index (χ0) is 27.1. The molecule has 0 spiro atoms. The number of anilines is 1. The molecule has 0 bridgehead atoms. The van der Waals surface area contributed by atoms with Gasteiger partial charge in [0.1, 0.15) is 36.1 Å². The van der Waals surface area contributed by atoms with E-state index < -0.39 is 18.4 Å². The smallest absolute Gasteiger partial charge is 0.164 e. The molecule has 0 amide bonds. The van der Waals surface area contributed by atoms with Crippen molar-refractivity contribution in [1.29, 1.82) is 0 Å². The Labute approximate surface area is 233 Å². The number of hydrogen-bond acceptors (Lipinski definition) is 7. The van der Waals surface area contributed by atoms with Crippen molar-refractivity contribution in [1.82, 2.24) is 14.5 Å². The number of nitrogen functional groups attached to an aromatic ring is 1. The molecule has 0 unspecified atom stereocenters. The van der Waals surface area contributed by atoms with Crippen LogP contribution < -0.4 is 5.73 Å². The Bertz CT molecular complexity index is 1500. The number of fused-ring (bicyclic) bond motifs is 1. The molecular weight excluding hydrogens is 504 g/mol. The third kappa shape index (κ3) is 5.90. The summed E-state index contributed by atoms with van der Waals surface area (Å²) in [5.41, 5.74) is 10.1. The minimum Gasteiger partial charge on any atom is -0.383 e. The van der Waals surface area contributed by atoms with Gasteiger partial charge >= 0.3 is 0 Å². The lowest BCUT2D eigenvalue weighted by Gasteiger charge is -2.26. The van der Waals surface area contributed by atoms with Crippen molar-refractivity contribution in [3.05, 3.63) is 126 Å². The normalized spacial score (nSPS) is 20.7. The summed E-state index contributed by atoms with van der Waals surface area (Å²) in [4.78, 5) is 8.65. The monoisotopic (exact) mass is 536 g/mol. The second-order valence-corrected chi connectivity index (χ2v) is 9.81. The van der Waals surface area contributed by atoms with Gasteiger partial charge in [-0.1, -0.05) is 91.0 Å². The average molecular weight is 537 g/mol. The summed E-state index contributed by atoms with van der Waals surface area (Å²) in [5.74, 6) is 0.420. The van der Waals surface area contributed by atoms with E-state index in [0.717, 1.165) is 22.1 Å². The molecule has 0 saturated carbocycles. The fourth-order valence-electron chi connectivity index (χ4n) is 5.04. The molecule has 2 N–H and O–H groups in total. The van der Waals surface area contributed by atoms with E-state index in [9.17, 15) is 0 Å². The zero-order valence-electron chi connectivity index (χ0n) is 22.1. The Morgan fingerprint density at radius 1 is 0.700 bits per heavy atom. The first-order valence-corrected chi connectivity index (χ1v) is 13.4. The van der Waals surface area contributed by atoms with Gasteiger partial charge in [-0.3, -0.25) is 0 Å². The first kappa shape index (κ1) is 26.2. The van der Waals surface area contributed by atoms with Crippen LogP contribution in [0.1, 0.15) is 22.9 Å². The highest BCUT2D eigenvalue weighted by molar-refractivity contribution is 5.86. The predicted octanol–water partition coefficient (Wildman–Crippen LogP) is 5.30. The molecule has 2 aromatic heterocycles. The quantitative estimate of drug-likeness (QED) is 0.245. The number of aromatic nitrogens is 3. The Hall–Kier alpha value is -4.08. The van der Waals surface area contributed by atoms with Crippen molar-refractivity contribution in [3.63, 3.8) is 0 Å². The van der Waals surface area contributed by atoms with Gasteiger partial charge in [0, 0.05) is 6.20 Å². The molecule has 0 aliphatic carbocycles. The number of ether oxygens (including phenoxy) is 4. The minimum absolute atomic E-state index is 0.340. The van der Waals surface area contributed by atoms with Crippen LogP contribution >= 0.6 is 0 Å². The van der Waals surface area contributed by atoms with Crippen LogP contribution in [0.5, 0.6) is 0 Å². The lowest BCUT2D eigenvalue weighted by molar-refractivity contribution is -0.0913. The van der Waals surface area contributed by atoms with Crippen LogP contribution in [0.25, 0.3) is 11.0 Å². The fourth-order valence-corrected chi connectivity index (χ4v) is 5.04. The lowest BCUT2D eigenvalue weighted by atomic mass is 10.1. The molecule has 5 aromatic rings. The largest absolute Gasteiger partial charge is 0.383 e. The molecule has 1 fully saturated rings. The van der Waals surface area contributed by atoms with E-state index in [1.54, 1.807) is 0 Å². The van der Waals surface area contributed by atoms with Gasteiger partial charge in [-0.25, -0.2) is 9.97 Å². The molecule has 1 aliphatic rings. The molecule has 8 nitrogen and oxygen atoms in total. The highest BCUT2D eigenvalue weighted by Gasteiger charge is 2.48.